The van der Waals surface area contributed by atoms with Crippen molar-refractivity contribution in [3.8, 4) is 11.5 Å². The minimum atomic E-state index is -4.03. The average Bonchev–Trinajstić information content (AvgIpc) is 2.70. The molecule has 0 aliphatic heterocycles. The molecule has 3 aromatic rings. The van der Waals surface area contributed by atoms with Crippen molar-refractivity contribution < 1.29 is 33.0 Å². The second-order valence-corrected chi connectivity index (χ2v) is 8.96. The number of carboxylic acid groups (broad SMARTS) is 2. The van der Waals surface area contributed by atoms with Crippen molar-refractivity contribution in [2.24, 2.45) is 0 Å². The molecule has 160 valence electrons. The molecule has 0 fully saturated rings. The van der Waals surface area contributed by atoms with E-state index in [0.29, 0.717) is 10.0 Å². The quantitative estimate of drug-likeness (QED) is 0.414. The minimum absolute atomic E-state index is 0.00470. The van der Waals surface area contributed by atoms with Gasteiger partial charge in [-0.1, -0.05) is 34.1 Å². The fourth-order valence-electron chi connectivity index (χ4n) is 2.70. The third kappa shape index (κ3) is 5.62. The van der Waals surface area contributed by atoms with Gasteiger partial charge in [-0.15, -0.1) is 0 Å². The molecule has 0 saturated carbocycles. The lowest BCUT2D eigenvalue weighted by Crippen LogP contribution is -2.14. The van der Waals surface area contributed by atoms with E-state index in [9.17, 15) is 23.1 Å². The standard InChI is InChI=1S/C21H16BrNO7S/c22-14-6-8-15(9-7-14)31(28,29)23-17-11-13(12-20(24)25)5-10-19(17)30-18-4-2-1-3-16(18)21(26)27/h1-11,23H,12H2,(H,24,25)(H,26,27). The maximum absolute atomic E-state index is 12.8. The van der Waals surface area contributed by atoms with Crippen molar-refractivity contribution in [1.29, 1.82) is 0 Å². The first kappa shape index (κ1) is 22.3. The van der Waals surface area contributed by atoms with Gasteiger partial charge in [0.25, 0.3) is 10.0 Å². The van der Waals surface area contributed by atoms with Gasteiger partial charge < -0.3 is 14.9 Å². The second kappa shape index (κ2) is 9.19. The van der Waals surface area contributed by atoms with E-state index in [-0.39, 0.29) is 34.1 Å². The van der Waals surface area contributed by atoms with Gasteiger partial charge in [0, 0.05) is 4.47 Å². The van der Waals surface area contributed by atoms with Crippen LogP contribution in [0, 0.1) is 0 Å². The average molecular weight is 506 g/mol. The molecule has 0 unspecified atom stereocenters. The van der Waals surface area contributed by atoms with E-state index in [1.54, 1.807) is 18.2 Å². The zero-order chi connectivity index (χ0) is 22.6. The van der Waals surface area contributed by atoms with Crippen LogP contribution in [0.4, 0.5) is 5.69 Å². The Kier molecular flexibility index (Phi) is 6.62. The number of hydrogen-bond acceptors (Lipinski definition) is 5. The Labute approximate surface area is 186 Å². The first-order valence-electron chi connectivity index (χ1n) is 8.79. The summed E-state index contributed by atoms with van der Waals surface area (Å²) in [7, 11) is -4.03. The Morgan fingerprint density at radius 2 is 1.61 bits per heavy atom. The van der Waals surface area contributed by atoms with Crippen LogP contribution in [0.2, 0.25) is 0 Å². The molecule has 0 aliphatic rings. The van der Waals surface area contributed by atoms with E-state index in [0.717, 1.165) is 0 Å². The molecule has 0 saturated heterocycles. The molecule has 31 heavy (non-hydrogen) atoms. The fraction of sp³-hybridized carbons (Fsp3) is 0.0476. The van der Waals surface area contributed by atoms with Crippen LogP contribution in [0.25, 0.3) is 0 Å². The Morgan fingerprint density at radius 3 is 2.26 bits per heavy atom. The van der Waals surface area contributed by atoms with Crippen LogP contribution >= 0.6 is 15.9 Å². The van der Waals surface area contributed by atoms with Crippen LogP contribution in [0.3, 0.4) is 0 Å². The topological polar surface area (TPSA) is 130 Å². The van der Waals surface area contributed by atoms with E-state index in [1.165, 1.54) is 48.5 Å². The zero-order valence-electron chi connectivity index (χ0n) is 15.8. The number of nitrogens with one attached hydrogen (secondary N) is 1. The van der Waals surface area contributed by atoms with Crippen molar-refractivity contribution >= 4 is 43.6 Å². The van der Waals surface area contributed by atoms with Gasteiger partial charge >= 0.3 is 11.9 Å². The lowest BCUT2D eigenvalue weighted by atomic mass is 10.1. The summed E-state index contributed by atoms with van der Waals surface area (Å²) in [6.07, 6.45) is -0.334. The molecule has 0 radical (unpaired) electrons. The van der Waals surface area contributed by atoms with E-state index in [1.807, 2.05) is 0 Å². The summed E-state index contributed by atoms with van der Waals surface area (Å²) >= 11 is 3.24. The highest BCUT2D eigenvalue weighted by Crippen LogP contribution is 2.34. The summed E-state index contributed by atoms with van der Waals surface area (Å²) in [6.45, 7) is 0. The van der Waals surface area contributed by atoms with Crippen LogP contribution in [0.1, 0.15) is 15.9 Å². The van der Waals surface area contributed by atoms with Crippen molar-refractivity contribution in [3.05, 3.63) is 82.3 Å². The number of ether oxygens (including phenoxy) is 1. The number of aliphatic carboxylic acids is 1. The highest BCUT2D eigenvalue weighted by Gasteiger charge is 2.19. The molecule has 3 aromatic carbocycles. The Bertz CT molecular complexity index is 1240. The Hall–Kier alpha value is -3.37. The van der Waals surface area contributed by atoms with Gasteiger partial charge in [-0.25, -0.2) is 13.2 Å². The summed E-state index contributed by atoms with van der Waals surface area (Å²) in [5.41, 5.74) is 0.195. The second-order valence-electron chi connectivity index (χ2n) is 6.36. The summed E-state index contributed by atoms with van der Waals surface area (Å²) in [5.74, 6) is -2.28. The van der Waals surface area contributed by atoms with Crippen molar-refractivity contribution in [2.75, 3.05) is 4.72 Å². The van der Waals surface area contributed by atoms with Gasteiger partial charge in [-0.2, -0.15) is 0 Å². The minimum Gasteiger partial charge on any atom is -0.481 e. The van der Waals surface area contributed by atoms with Crippen molar-refractivity contribution in [1.82, 2.24) is 0 Å². The molecule has 8 nitrogen and oxygen atoms in total. The zero-order valence-corrected chi connectivity index (χ0v) is 18.2. The highest BCUT2D eigenvalue weighted by molar-refractivity contribution is 9.10. The summed E-state index contributed by atoms with van der Waals surface area (Å²) < 4.78 is 34.5. The van der Waals surface area contributed by atoms with Gasteiger partial charge in [-0.3, -0.25) is 9.52 Å². The SMILES string of the molecule is O=C(O)Cc1ccc(Oc2ccccc2C(=O)O)c(NS(=O)(=O)c2ccc(Br)cc2)c1. The molecule has 3 rings (SSSR count). The van der Waals surface area contributed by atoms with Crippen LogP contribution in [-0.4, -0.2) is 30.6 Å². The molecule has 3 N–H and O–H groups in total. The monoisotopic (exact) mass is 505 g/mol. The molecule has 0 aromatic heterocycles. The molecular formula is C21H16BrNO7S. The maximum atomic E-state index is 12.8. The highest BCUT2D eigenvalue weighted by atomic mass is 79.9. The molecule has 0 aliphatic carbocycles. The number of anilines is 1. The summed E-state index contributed by atoms with van der Waals surface area (Å²) in [4.78, 5) is 22.5. The number of carboxylic acids is 2. The number of halogens is 1. The lowest BCUT2D eigenvalue weighted by molar-refractivity contribution is -0.136. The normalized spacial score (nSPS) is 11.0. The molecule has 0 bridgehead atoms. The van der Waals surface area contributed by atoms with Crippen LogP contribution in [0.15, 0.2) is 76.1 Å². The fourth-order valence-corrected chi connectivity index (χ4v) is 4.02. The largest absolute Gasteiger partial charge is 0.481 e. The first-order valence-corrected chi connectivity index (χ1v) is 11.1. The lowest BCUT2D eigenvalue weighted by Gasteiger charge is -2.16. The first-order chi connectivity index (χ1) is 14.7. The number of rotatable bonds is 8. The molecular weight excluding hydrogens is 490 g/mol. The van der Waals surface area contributed by atoms with Gasteiger partial charge in [0.1, 0.15) is 11.3 Å². The maximum Gasteiger partial charge on any atom is 0.339 e. The number of sulfonamides is 1. The Morgan fingerprint density at radius 1 is 0.935 bits per heavy atom. The third-order valence-corrected chi connectivity index (χ3v) is 6.02. The molecule has 0 amide bonds. The number of benzene rings is 3. The van der Waals surface area contributed by atoms with Crippen LogP contribution in [0.5, 0.6) is 11.5 Å². The number of aromatic carboxylic acids is 1. The van der Waals surface area contributed by atoms with Crippen molar-refractivity contribution in [2.45, 2.75) is 11.3 Å². The van der Waals surface area contributed by atoms with Gasteiger partial charge in [0.15, 0.2) is 5.75 Å². The molecule has 10 heteroatoms. The van der Waals surface area contributed by atoms with Gasteiger partial charge in [0.2, 0.25) is 0 Å². The van der Waals surface area contributed by atoms with Gasteiger partial charge in [0.05, 0.1) is 17.0 Å². The summed E-state index contributed by atoms with van der Waals surface area (Å²) in [5, 5.41) is 18.4. The van der Waals surface area contributed by atoms with E-state index in [4.69, 9.17) is 9.84 Å². The third-order valence-electron chi connectivity index (χ3n) is 4.10. The van der Waals surface area contributed by atoms with Crippen molar-refractivity contribution in [3.63, 3.8) is 0 Å². The van der Waals surface area contributed by atoms with E-state index in [2.05, 4.69) is 20.7 Å². The van der Waals surface area contributed by atoms with Crippen LogP contribution in [-0.2, 0) is 21.2 Å². The summed E-state index contributed by atoms with van der Waals surface area (Å²) in [6, 6.07) is 16.0. The predicted molar refractivity (Wildman–Crippen MR) is 116 cm³/mol. The molecule has 0 atom stereocenters. The number of para-hydroxylation sites is 1. The number of hydrogen-bond donors (Lipinski definition) is 3. The smallest absolute Gasteiger partial charge is 0.339 e. The van der Waals surface area contributed by atoms with E-state index < -0.39 is 22.0 Å². The molecule has 0 heterocycles. The molecule has 0 spiro atoms. The van der Waals surface area contributed by atoms with Crippen LogP contribution < -0.4 is 9.46 Å². The van der Waals surface area contributed by atoms with Gasteiger partial charge in [-0.05, 0) is 54.1 Å². The predicted octanol–water partition coefficient (Wildman–Crippen LogP) is 4.37. The van der Waals surface area contributed by atoms with E-state index >= 15 is 0 Å². The Balaban J connectivity index is 2.03. The number of carbonyl (C=O) groups is 2.